The van der Waals surface area contributed by atoms with Crippen LogP contribution in [0.1, 0.15) is 17.5 Å². The zero-order valence-electron chi connectivity index (χ0n) is 14.0. The van der Waals surface area contributed by atoms with Crippen LogP contribution >= 0.6 is 0 Å². The van der Waals surface area contributed by atoms with Crippen molar-refractivity contribution in [2.45, 2.75) is 13.0 Å². The van der Waals surface area contributed by atoms with Crippen LogP contribution in [-0.4, -0.2) is 52.8 Å². The van der Waals surface area contributed by atoms with Crippen LogP contribution in [0.15, 0.2) is 36.7 Å². The second-order valence-electron chi connectivity index (χ2n) is 5.94. The molecule has 2 heterocycles. The molecule has 1 aromatic carbocycles. The van der Waals surface area contributed by atoms with Gasteiger partial charge in [-0.15, -0.1) is 0 Å². The van der Waals surface area contributed by atoms with E-state index >= 15 is 0 Å². The Morgan fingerprint density at radius 3 is 2.36 bits per heavy atom. The fourth-order valence-electron chi connectivity index (χ4n) is 2.75. The number of aliphatic hydroxyl groups is 1. The molecule has 0 bridgehead atoms. The number of piperazine rings is 1. The minimum absolute atomic E-state index is 0.0972. The van der Waals surface area contributed by atoms with Gasteiger partial charge in [0, 0.05) is 44.7 Å². The number of hydrogen-bond acceptors (Lipinski definition) is 5. The summed E-state index contributed by atoms with van der Waals surface area (Å²) in [5.74, 6) is 6.14. The van der Waals surface area contributed by atoms with E-state index in [4.69, 9.17) is 5.11 Å². The second-order valence-corrected chi connectivity index (χ2v) is 5.94. The molecule has 2 aromatic rings. The van der Waals surface area contributed by atoms with Crippen molar-refractivity contribution in [1.82, 2.24) is 14.9 Å². The summed E-state index contributed by atoms with van der Waals surface area (Å²) in [5.41, 5.74) is 2.22. The van der Waals surface area contributed by atoms with Crippen LogP contribution in [0.5, 0.6) is 0 Å². The quantitative estimate of drug-likeness (QED) is 0.858. The molecule has 0 amide bonds. The topological polar surface area (TPSA) is 52.5 Å². The van der Waals surface area contributed by atoms with E-state index in [0.29, 0.717) is 12.4 Å². The molecule has 25 heavy (non-hydrogen) atoms. The van der Waals surface area contributed by atoms with E-state index in [9.17, 15) is 4.39 Å². The number of aliphatic hydroxyl groups excluding tert-OH is 1. The summed E-state index contributed by atoms with van der Waals surface area (Å²) in [7, 11) is 0. The minimum Gasteiger partial charge on any atom is -0.395 e. The maximum Gasteiger partial charge on any atom is 0.225 e. The van der Waals surface area contributed by atoms with Crippen LogP contribution in [0.4, 0.5) is 10.3 Å². The molecule has 0 atom stereocenters. The molecule has 1 N–H and O–H groups in total. The largest absolute Gasteiger partial charge is 0.395 e. The molecule has 1 saturated heterocycles. The number of benzene rings is 1. The van der Waals surface area contributed by atoms with Crippen molar-refractivity contribution in [2.75, 3.05) is 37.7 Å². The Labute approximate surface area is 147 Å². The lowest BCUT2D eigenvalue weighted by molar-refractivity contribution is 0.248. The summed E-state index contributed by atoms with van der Waals surface area (Å²) in [5, 5.41) is 8.74. The maximum atomic E-state index is 12.9. The smallest absolute Gasteiger partial charge is 0.225 e. The standard InChI is InChI=1S/C19H21FN4O/c20-18-13-21-19(22-14-18)24-10-8-23(9-11-24)15-17-6-4-16(5-7-17)3-1-2-12-25/h4-7,13-14,25H,2,8-12,15H2. The van der Waals surface area contributed by atoms with Crippen molar-refractivity contribution in [3.05, 3.63) is 53.6 Å². The van der Waals surface area contributed by atoms with Crippen molar-refractivity contribution in [1.29, 1.82) is 0 Å². The third kappa shape index (κ3) is 4.99. The van der Waals surface area contributed by atoms with Gasteiger partial charge >= 0.3 is 0 Å². The van der Waals surface area contributed by atoms with E-state index in [1.54, 1.807) is 0 Å². The maximum absolute atomic E-state index is 12.9. The normalized spacial score (nSPS) is 14.9. The van der Waals surface area contributed by atoms with Gasteiger partial charge in [0.05, 0.1) is 19.0 Å². The number of rotatable bonds is 4. The van der Waals surface area contributed by atoms with Gasteiger partial charge in [-0.3, -0.25) is 4.90 Å². The fraction of sp³-hybridized carbons (Fsp3) is 0.368. The zero-order valence-corrected chi connectivity index (χ0v) is 14.0. The van der Waals surface area contributed by atoms with Gasteiger partial charge < -0.3 is 10.0 Å². The molecular weight excluding hydrogens is 319 g/mol. The van der Waals surface area contributed by atoms with Gasteiger partial charge in [0.2, 0.25) is 5.95 Å². The Balaban J connectivity index is 1.50. The molecule has 1 aliphatic heterocycles. The monoisotopic (exact) mass is 340 g/mol. The predicted octanol–water partition coefficient (Wildman–Crippen LogP) is 1.67. The van der Waals surface area contributed by atoms with Crippen LogP contribution in [0, 0.1) is 17.7 Å². The van der Waals surface area contributed by atoms with E-state index in [0.717, 1.165) is 38.3 Å². The number of halogens is 1. The van der Waals surface area contributed by atoms with Gasteiger partial charge in [-0.2, -0.15) is 0 Å². The number of hydrogen-bond donors (Lipinski definition) is 1. The van der Waals surface area contributed by atoms with Gasteiger partial charge in [-0.25, -0.2) is 14.4 Å². The van der Waals surface area contributed by atoms with E-state index < -0.39 is 5.82 Å². The lowest BCUT2D eigenvalue weighted by Gasteiger charge is -2.34. The third-order valence-electron chi connectivity index (χ3n) is 4.09. The molecule has 130 valence electrons. The molecule has 5 nitrogen and oxygen atoms in total. The Morgan fingerprint density at radius 1 is 1.04 bits per heavy atom. The first kappa shape index (κ1) is 17.3. The predicted molar refractivity (Wildman–Crippen MR) is 94.5 cm³/mol. The summed E-state index contributed by atoms with van der Waals surface area (Å²) in [6.07, 6.45) is 2.92. The Bertz CT molecular complexity index is 729. The number of aromatic nitrogens is 2. The average Bonchev–Trinajstić information content (AvgIpc) is 2.65. The fourth-order valence-corrected chi connectivity index (χ4v) is 2.75. The highest BCUT2D eigenvalue weighted by Crippen LogP contribution is 2.13. The Hall–Kier alpha value is -2.49. The molecule has 6 heteroatoms. The van der Waals surface area contributed by atoms with Crippen LogP contribution < -0.4 is 4.90 Å². The van der Waals surface area contributed by atoms with Crippen LogP contribution in [-0.2, 0) is 6.54 Å². The molecule has 0 spiro atoms. The first-order valence-electron chi connectivity index (χ1n) is 8.38. The van der Waals surface area contributed by atoms with E-state index in [1.807, 2.05) is 12.1 Å². The summed E-state index contributed by atoms with van der Waals surface area (Å²) in [6.45, 7) is 4.48. The SMILES string of the molecule is OCCC#Cc1ccc(CN2CCN(c3ncc(F)cn3)CC2)cc1. The van der Waals surface area contributed by atoms with Crippen molar-refractivity contribution in [2.24, 2.45) is 0 Å². The zero-order chi connectivity index (χ0) is 17.5. The van der Waals surface area contributed by atoms with Crippen molar-refractivity contribution < 1.29 is 9.50 Å². The molecule has 3 rings (SSSR count). The van der Waals surface area contributed by atoms with Crippen LogP contribution in [0.2, 0.25) is 0 Å². The van der Waals surface area contributed by atoms with Gasteiger partial charge in [0.25, 0.3) is 0 Å². The van der Waals surface area contributed by atoms with Crippen molar-refractivity contribution in [3.8, 4) is 11.8 Å². The molecule has 0 radical (unpaired) electrons. The minimum atomic E-state index is -0.410. The van der Waals surface area contributed by atoms with Gasteiger partial charge in [-0.1, -0.05) is 24.0 Å². The molecule has 0 unspecified atom stereocenters. The summed E-state index contributed by atoms with van der Waals surface area (Å²) >= 11 is 0. The first-order chi connectivity index (χ1) is 12.2. The lowest BCUT2D eigenvalue weighted by atomic mass is 10.1. The molecular formula is C19H21FN4O. The number of anilines is 1. The highest BCUT2D eigenvalue weighted by molar-refractivity contribution is 5.36. The number of nitrogens with zero attached hydrogens (tertiary/aromatic N) is 4. The Kier molecular flexibility index (Phi) is 5.94. The highest BCUT2D eigenvalue weighted by Gasteiger charge is 2.18. The second kappa shape index (κ2) is 8.56. The van der Waals surface area contributed by atoms with Gasteiger partial charge in [0.15, 0.2) is 5.82 Å². The molecule has 0 aliphatic carbocycles. The van der Waals surface area contributed by atoms with Crippen molar-refractivity contribution in [3.63, 3.8) is 0 Å². The van der Waals surface area contributed by atoms with E-state index in [-0.39, 0.29) is 6.61 Å². The molecule has 0 saturated carbocycles. The molecule has 1 aliphatic rings. The first-order valence-corrected chi connectivity index (χ1v) is 8.38. The van der Waals surface area contributed by atoms with Crippen LogP contribution in [0.25, 0.3) is 0 Å². The lowest BCUT2D eigenvalue weighted by Crippen LogP contribution is -2.46. The summed E-state index contributed by atoms with van der Waals surface area (Å²) in [6, 6.07) is 8.22. The highest BCUT2D eigenvalue weighted by atomic mass is 19.1. The van der Waals surface area contributed by atoms with E-state index in [2.05, 4.69) is 43.7 Å². The molecule has 1 fully saturated rings. The third-order valence-corrected chi connectivity index (χ3v) is 4.09. The summed E-state index contributed by atoms with van der Waals surface area (Å²) in [4.78, 5) is 12.5. The molecule has 1 aromatic heterocycles. The summed E-state index contributed by atoms with van der Waals surface area (Å²) < 4.78 is 12.9. The van der Waals surface area contributed by atoms with Crippen LogP contribution in [0.3, 0.4) is 0 Å². The Morgan fingerprint density at radius 2 is 1.72 bits per heavy atom. The van der Waals surface area contributed by atoms with E-state index in [1.165, 1.54) is 18.0 Å². The van der Waals surface area contributed by atoms with Gasteiger partial charge in [0.1, 0.15) is 0 Å². The van der Waals surface area contributed by atoms with Gasteiger partial charge in [-0.05, 0) is 17.7 Å². The van der Waals surface area contributed by atoms with Crippen molar-refractivity contribution >= 4 is 5.95 Å². The average molecular weight is 340 g/mol.